The number of terminal acetylenes is 1. The maximum atomic E-state index is 10.8. The van der Waals surface area contributed by atoms with Gasteiger partial charge in [-0.1, -0.05) is 23.6 Å². The zero-order chi connectivity index (χ0) is 10.6. The Labute approximate surface area is 86.7 Å². The van der Waals surface area contributed by atoms with E-state index in [0.29, 0.717) is 5.69 Å². The molecule has 0 aliphatic rings. The molecule has 0 saturated heterocycles. The van der Waals surface area contributed by atoms with Crippen LogP contribution in [0.5, 0.6) is 0 Å². The van der Waals surface area contributed by atoms with Gasteiger partial charge in [-0.2, -0.15) is 0 Å². The summed E-state index contributed by atoms with van der Waals surface area (Å²) in [5.74, 6) is 1.28. The third-order valence-corrected chi connectivity index (χ3v) is 1.92. The number of aromatic carboxylic acids is 1. The van der Waals surface area contributed by atoms with Crippen molar-refractivity contribution in [1.82, 2.24) is 0 Å². The number of hydrogen-bond donors (Lipinski definition) is 2. The highest BCUT2D eigenvalue weighted by molar-refractivity contribution is 6.34. The van der Waals surface area contributed by atoms with E-state index in [1.807, 2.05) is 0 Å². The number of carboxylic acids is 1. The highest BCUT2D eigenvalue weighted by Gasteiger charge is 2.13. The van der Waals surface area contributed by atoms with E-state index in [9.17, 15) is 4.79 Å². The highest BCUT2D eigenvalue weighted by Crippen LogP contribution is 2.23. The average molecular weight is 210 g/mol. The summed E-state index contributed by atoms with van der Waals surface area (Å²) in [7, 11) is 0. The molecule has 0 aromatic heterocycles. The Morgan fingerprint density at radius 2 is 2.36 bits per heavy atom. The molecule has 14 heavy (non-hydrogen) atoms. The van der Waals surface area contributed by atoms with Crippen LogP contribution in [0.4, 0.5) is 5.69 Å². The SMILES string of the molecule is C#CCNc1cccc(Cl)c1C(=O)O. The van der Waals surface area contributed by atoms with Crippen LogP contribution in [-0.4, -0.2) is 17.6 Å². The molecule has 2 N–H and O–H groups in total. The molecule has 3 nitrogen and oxygen atoms in total. The first-order valence-corrected chi connectivity index (χ1v) is 4.23. The van der Waals surface area contributed by atoms with E-state index >= 15 is 0 Å². The van der Waals surface area contributed by atoms with Gasteiger partial charge in [0.1, 0.15) is 5.56 Å². The van der Waals surface area contributed by atoms with Crippen LogP contribution in [-0.2, 0) is 0 Å². The Balaban J connectivity index is 3.09. The average Bonchev–Trinajstić information content (AvgIpc) is 2.14. The van der Waals surface area contributed by atoms with E-state index in [2.05, 4.69) is 11.2 Å². The molecular formula is C10H8ClNO2. The minimum Gasteiger partial charge on any atom is -0.478 e. The van der Waals surface area contributed by atoms with E-state index in [-0.39, 0.29) is 17.1 Å². The van der Waals surface area contributed by atoms with Crippen molar-refractivity contribution in [2.75, 3.05) is 11.9 Å². The maximum Gasteiger partial charge on any atom is 0.339 e. The predicted molar refractivity (Wildman–Crippen MR) is 55.7 cm³/mol. The molecule has 0 aliphatic carbocycles. The second kappa shape index (κ2) is 4.54. The van der Waals surface area contributed by atoms with Gasteiger partial charge in [-0.15, -0.1) is 6.42 Å². The van der Waals surface area contributed by atoms with Gasteiger partial charge in [0, 0.05) is 0 Å². The summed E-state index contributed by atoms with van der Waals surface area (Å²) in [6.07, 6.45) is 5.05. The first kappa shape index (κ1) is 10.4. The van der Waals surface area contributed by atoms with Gasteiger partial charge in [0.15, 0.2) is 0 Å². The number of rotatable bonds is 3. The third-order valence-electron chi connectivity index (χ3n) is 1.61. The number of halogens is 1. The second-order valence-electron chi connectivity index (χ2n) is 2.53. The van der Waals surface area contributed by atoms with Crippen molar-refractivity contribution in [3.8, 4) is 12.3 Å². The fraction of sp³-hybridized carbons (Fsp3) is 0.100. The van der Waals surface area contributed by atoms with Crippen molar-refractivity contribution in [2.24, 2.45) is 0 Å². The smallest absolute Gasteiger partial charge is 0.339 e. The molecule has 0 aliphatic heterocycles. The molecule has 0 spiro atoms. The predicted octanol–water partition coefficient (Wildman–Crippen LogP) is 2.08. The lowest BCUT2D eigenvalue weighted by Crippen LogP contribution is -2.06. The largest absolute Gasteiger partial charge is 0.478 e. The van der Waals surface area contributed by atoms with E-state index in [1.165, 1.54) is 6.07 Å². The summed E-state index contributed by atoms with van der Waals surface area (Å²) in [6.45, 7) is 0.265. The van der Waals surface area contributed by atoms with Crippen LogP contribution in [0.25, 0.3) is 0 Å². The number of nitrogens with one attached hydrogen (secondary N) is 1. The molecule has 72 valence electrons. The van der Waals surface area contributed by atoms with Crippen molar-refractivity contribution in [3.63, 3.8) is 0 Å². The van der Waals surface area contributed by atoms with Gasteiger partial charge in [-0.25, -0.2) is 4.79 Å². The first-order valence-electron chi connectivity index (χ1n) is 3.86. The molecule has 4 heteroatoms. The van der Waals surface area contributed by atoms with Crippen LogP contribution in [0.1, 0.15) is 10.4 Å². The molecule has 1 aromatic rings. The Kier molecular flexibility index (Phi) is 3.38. The minimum absolute atomic E-state index is 0.0458. The van der Waals surface area contributed by atoms with Gasteiger partial charge < -0.3 is 10.4 Å². The van der Waals surface area contributed by atoms with E-state index < -0.39 is 5.97 Å². The summed E-state index contributed by atoms with van der Waals surface area (Å²) in [4.78, 5) is 10.8. The third kappa shape index (κ3) is 2.18. The van der Waals surface area contributed by atoms with Gasteiger partial charge in [0.05, 0.1) is 17.3 Å². The molecule has 0 amide bonds. The van der Waals surface area contributed by atoms with Crippen molar-refractivity contribution >= 4 is 23.3 Å². The van der Waals surface area contributed by atoms with Crippen LogP contribution in [0.3, 0.4) is 0 Å². The summed E-state index contributed by atoms with van der Waals surface area (Å²) >= 11 is 5.73. The zero-order valence-electron chi connectivity index (χ0n) is 7.25. The molecular weight excluding hydrogens is 202 g/mol. The second-order valence-corrected chi connectivity index (χ2v) is 2.93. The number of carboxylic acid groups (broad SMARTS) is 1. The highest BCUT2D eigenvalue weighted by atomic mass is 35.5. The van der Waals surface area contributed by atoms with Crippen molar-refractivity contribution in [2.45, 2.75) is 0 Å². The van der Waals surface area contributed by atoms with Crippen LogP contribution >= 0.6 is 11.6 Å². The first-order chi connectivity index (χ1) is 6.66. The standard InChI is InChI=1S/C10H8ClNO2/c1-2-6-12-8-5-3-4-7(11)9(8)10(13)14/h1,3-5,12H,6H2,(H,13,14). The Hall–Kier alpha value is -1.66. The van der Waals surface area contributed by atoms with Gasteiger partial charge in [0.25, 0.3) is 0 Å². The van der Waals surface area contributed by atoms with Gasteiger partial charge in [-0.05, 0) is 12.1 Å². The molecule has 0 radical (unpaired) electrons. The molecule has 0 heterocycles. The fourth-order valence-electron chi connectivity index (χ4n) is 1.04. The quantitative estimate of drug-likeness (QED) is 0.750. The Bertz CT molecular complexity index is 396. The number of hydrogen-bond acceptors (Lipinski definition) is 2. The van der Waals surface area contributed by atoms with Gasteiger partial charge in [-0.3, -0.25) is 0 Å². The molecule has 1 aromatic carbocycles. The molecule has 0 atom stereocenters. The molecule has 0 unspecified atom stereocenters. The molecule has 0 fully saturated rings. The lowest BCUT2D eigenvalue weighted by atomic mass is 10.2. The van der Waals surface area contributed by atoms with Crippen molar-refractivity contribution in [1.29, 1.82) is 0 Å². The van der Waals surface area contributed by atoms with E-state index in [1.54, 1.807) is 12.1 Å². The van der Waals surface area contributed by atoms with Gasteiger partial charge in [0.2, 0.25) is 0 Å². The molecule has 0 saturated carbocycles. The van der Waals surface area contributed by atoms with Crippen LogP contribution in [0, 0.1) is 12.3 Å². The maximum absolute atomic E-state index is 10.8. The number of benzene rings is 1. The Morgan fingerprint density at radius 3 is 2.93 bits per heavy atom. The van der Waals surface area contributed by atoms with Crippen molar-refractivity contribution < 1.29 is 9.90 Å². The molecule has 1 rings (SSSR count). The molecule has 0 bridgehead atoms. The summed E-state index contributed by atoms with van der Waals surface area (Å²) in [6, 6.07) is 4.80. The summed E-state index contributed by atoms with van der Waals surface area (Å²) in [5.41, 5.74) is 0.479. The lowest BCUT2D eigenvalue weighted by molar-refractivity contribution is 0.0698. The summed E-state index contributed by atoms with van der Waals surface area (Å²) < 4.78 is 0. The Morgan fingerprint density at radius 1 is 1.64 bits per heavy atom. The van der Waals surface area contributed by atoms with Crippen molar-refractivity contribution in [3.05, 3.63) is 28.8 Å². The van der Waals surface area contributed by atoms with Crippen LogP contribution in [0.2, 0.25) is 5.02 Å². The minimum atomic E-state index is -1.07. The summed E-state index contributed by atoms with van der Waals surface area (Å²) in [5, 5.41) is 11.8. The van der Waals surface area contributed by atoms with Crippen LogP contribution < -0.4 is 5.32 Å². The lowest BCUT2D eigenvalue weighted by Gasteiger charge is -2.07. The normalized spacial score (nSPS) is 9.14. The number of carbonyl (C=O) groups is 1. The monoisotopic (exact) mass is 209 g/mol. The van der Waals surface area contributed by atoms with Gasteiger partial charge >= 0.3 is 5.97 Å². The number of anilines is 1. The topological polar surface area (TPSA) is 49.3 Å². The van der Waals surface area contributed by atoms with E-state index in [4.69, 9.17) is 23.1 Å². The van der Waals surface area contributed by atoms with E-state index in [0.717, 1.165) is 0 Å². The van der Waals surface area contributed by atoms with Crippen LogP contribution in [0.15, 0.2) is 18.2 Å². The fourth-order valence-corrected chi connectivity index (χ4v) is 1.29. The zero-order valence-corrected chi connectivity index (χ0v) is 8.01.